The lowest BCUT2D eigenvalue weighted by Crippen LogP contribution is -2.34. The van der Waals surface area contributed by atoms with Gasteiger partial charge in [-0.2, -0.15) is 0 Å². The monoisotopic (exact) mass is 287 g/mol. The summed E-state index contributed by atoms with van der Waals surface area (Å²) in [4.78, 5) is 19.0. The van der Waals surface area contributed by atoms with E-state index in [0.29, 0.717) is 30.2 Å². The zero-order valence-electron chi connectivity index (χ0n) is 11.4. The van der Waals surface area contributed by atoms with Crippen molar-refractivity contribution in [3.05, 3.63) is 42.2 Å². The summed E-state index contributed by atoms with van der Waals surface area (Å²) in [6.45, 7) is 3.06. The molecule has 0 spiro atoms. The van der Waals surface area contributed by atoms with Gasteiger partial charge < -0.3 is 10.6 Å². The second-order valence-corrected chi connectivity index (χ2v) is 5.01. The minimum Gasteiger partial charge on any atom is -0.393 e. The van der Waals surface area contributed by atoms with E-state index in [9.17, 15) is 4.79 Å². The molecular formula is C15H17N3OS. The van der Waals surface area contributed by atoms with E-state index in [2.05, 4.69) is 4.98 Å². The van der Waals surface area contributed by atoms with E-state index < -0.39 is 0 Å². The molecule has 0 aliphatic carbocycles. The Morgan fingerprint density at radius 1 is 1.35 bits per heavy atom. The van der Waals surface area contributed by atoms with Gasteiger partial charge in [0.05, 0.1) is 4.99 Å². The predicted octanol–water partition coefficient (Wildman–Crippen LogP) is 2.37. The first kappa shape index (κ1) is 14.4. The van der Waals surface area contributed by atoms with Crippen LogP contribution in [0.3, 0.4) is 0 Å². The van der Waals surface area contributed by atoms with Crippen molar-refractivity contribution in [2.75, 3.05) is 13.1 Å². The summed E-state index contributed by atoms with van der Waals surface area (Å²) in [6.07, 6.45) is 2.19. The maximum atomic E-state index is 12.6. The summed E-state index contributed by atoms with van der Waals surface area (Å²) in [7, 11) is 0. The van der Waals surface area contributed by atoms with Crippen LogP contribution in [0.25, 0.3) is 10.8 Å². The molecule has 0 aliphatic rings. The first-order valence-corrected chi connectivity index (χ1v) is 6.95. The number of pyridine rings is 1. The first-order chi connectivity index (χ1) is 9.63. The predicted molar refractivity (Wildman–Crippen MR) is 84.7 cm³/mol. The SMILES string of the molecule is CCN(CCC(N)=S)C(=O)c1nccc2ccccc12. The zero-order chi connectivity index (χ0) is 14.5. The summed E-state index contributed by atoms with van der Waals surface area (Å²) in [5.41, 5.74) is 5.98. The largest absolute Gasteiger partial charge is 0.393 e. The number of carbonyl (C=O) groups is 1. The Morgan fingerprint density at radius 2 is 2.10 bits per heavy atom. The van der Waals surface area contributed by atoms with E-state index in [0.717, 1.165) is 10.8 Å². The third-order valence-electron chi connectivity index (χ3n) is 3.17. The number of hydrogen-bond acceptors (Lipinski definition) is 3. The maximum Gasteiger partial charge on any atom is 0.273 e. The highest BCUT2D eigenvalue weighted by Crippen LogP contribution is 2.17. The van der Waals surface area contributed by atoms with Gasteiger partial charge in [-0.05, 0) is 18.4 Å². The number of nitrogens with zero attached hydrogens (tertiary/aromatic N) is 2. The van der Waals surface area contributed by atoms with Crippen LogP contribution in [0, 0.1) is 0 Å². The fourth-order valence-corrected chi connectivity index (χ4v) is 2.18. The van der Waals surface area contributed by atoms with E-state index in [1.807, 2.05) is 37.3 Å². The van der Waals surface area contributed by atoms with Crippen molar-refractivity contribution in [1.29, 1.82) is 0 Å². The van der Waals surface area contributed by atoms with Crippen LogP contribution in [0.1, 0.15) is 23.8 Å². The van der Waals surface area contributed by atoms with Crippen LogP contribution >= 0.6 is 12.2 Å². The Morgan fingerprint density at radius 3 is 2.80 bits per heavy atom. The molecule has 0 bridgehead atoms. The molecule has 4 nitrogen and oxygen atoms in total. The number of hydrogen-bond donors (Lipinski definition) is 1. The van der Waals surface area contributed by atoms with E-state index in [1.165, 1.54) is 0 Å². The molecule has 0 aliphatic heterocycles. The van der Waals surface area contributed by atoms with Crippen molar-refractivity contribution >= 4 is 33.9 Å². The van der Waals surface area contributed by atoms with Gasteiger partial charge >= 0.3 is 0 Å². The lowest BCUT2D eigenvalue weighted by atomic mass is 10.1. The Labute approximate surface area is 123 Å². The maximum absolute atomic E-state index is 12.6. The third-order valence-corrected chi connectivity index (χ3v) is 3.38. The second-order valence-electron chi connectivity index (χ2n) is 4.48. The first-order valence-electron chi connectivity index (χ1n) is 6.54. The molecule has 1 amide bonds. The molecule has 0 radical (unpaired) electrons. The van der Waals surface area contributed by atoms with E-state index in [1.54, 1.807) is 11.1 Å². The van der Waals surface area contributed by atoms with Crippen molar-refractivity contribution in [2.45, 2.75) is 13.3 Å². The summed E-state index contributed by atoms with van der Waals surface area (Å²) in [5, 5.41) is 1.88. The number of thiocarbonyl (C=S) groups is 1. The Hall–Kier alpha value is -2.01. The molecule has 0 fully saturated rings. The van der Waals surface area contributed by atoms with Crippen LogP contribution < -0.4 is 5.73 Å². The van der Waals surface area contributed by atoms with Crippen LogP contribution in [-0.2, 0) is 0 Å². The minimum absolute atomic E-state index is 0.0828. The quantitative estimate of drug-likeness (QED) is 0.858. The smallest absolute Gasteiger partial charge is 0.273 e. The lowest BCUT2D eigenvalue weighted by molar-refractivity contribution is 0.0765. The molecule has 2 N–H and O–H groups in total. The average molecular weight is 287 g/mol. The number of carbonyl (C=O) groups excluding carboxylic acids is 1. The van der Waals surface area contributed by atoms with Crippen molar-refractivity contribution in [2.24, 2.45) is 5.73 Å². The summed E-state index contributed by atoms with van der Waals surface area (Å²) in [5.74, 6) is -0.0828. The van der Waals surface area contributed by atoms with Crippen LogP contribution in [0.15, 0.2) is 36.5 Å². The number of fused-ring (bicyclic) bond motifs is 1. The van der Waals surface area contributed by atoms with Gasteiger partial charge in [0.1, 0.15) is 5.69 Å². The molecule has 1 aromatic heterocycles. The fourth-order valence-electron chi connectivity index (χ4n) is 2.09. The van der Waals surface area contributed by atoms with Crippen LogP contribution in [-0.4, -0.2) is 33.9 Å². The Bertz CT molecular complexity index is 637. The lowest BCUT2D eigenvalue weighted by Gasteiger charge is -2.20. The van der Waals surface area contributed by atoms with Crippen molar-refractivity contribution < 1.29 is 4.79 Å². The van der Waals surface area contributed by atoms with Crippen LogP contribution in [0.2, 0.25) is 0 Å². The van der Waals surface area contributed by atoms with Gasteiger partial charge in [0.25, 0.3) is 5.91 Å². The molecule has 1 aromatic carbocycles. The van der Waals surface area contributed by atoms with E-state index in [-0.39, 0.29) is 5.91 Å². The topological polar surface area (TPSA) is 59.2 Å². The Balaban J connectivity index is 2.32. The average Bonchev–Trinajstić information content (AvgIpc) is 2.46. The van der Waals surface area contributed by atoms with Gasteiger partial charge in [-0.25, -0.2) is 0 Å². The normalized spacial score (nSPS) is 10.4. The molecular weight excluding hydrogens is 270 g/mol. The number of rotatable bonds is 5. The van der Waals surface area contributed by atoms with Crippen molar-refractivity contribution in [3.63, 3.8) is 0 Å². The van der Waals surface area contributed by atoms with Crippen LogP contribution in [0.5, 0.6) is 0 Å². The standard InChI is InChI=1S/C15H17N3OS/c1-2-18(10-8-13(16)20)15(19)14-12-6-4-3-5-11(12)7-9-17-14/h3-7,9H,2,8,10H2,1H3,(H2,16,20). The molecule has 1 heterocycles. The molecule has 0 saturated heterocycles. The van der Waals surface area contributed by atoms with E-state index in [4.69, 9.17) is 18.0 Å². The molecule has 0 saturated carbocycles. The summed E-state index contributed by atoms with van der Waals surface area (Å²) < 4.78 is 0. The van der Waals surface area contributed by atoms with Gasteiger partial charge in [-0.1, -0.05) is 36.5 Å². The second kappa shape index (κ2) is 6.43. The van der Waals surface area contributed by atoms with E-state index >= 15 is 0 Å². The Kier molecular flexibility index (Phi) is 4.63. The summed E-state index contributed by atoms with van der Waals surface area (Å²) >= 11 is 4.87. The van der Waals surface area contributed by atoms with Crippen LogP contribution in [0.4, 0.5) is 0 Å². The van der Waals surface area contributed by atoms with Gasteiger partial charge in [0.15, 0.2) is 0 Å². The molecule has 0 unspecified atom stereocenters. The highest BCUT2D eigenvalue weighted by atomic mass is 32.1. The molecule has 2 rings (SSSR count). The molecule has 20 heavy (non-hydrogen) atoms. The number of aromatic nitrogens is 1. The van der Waals surface area contributed by atoms with Crippen molar-refractivity contribution in [1.82, 2.24) is 9.88 Å². The minimum atomic E-state index is -0.0828. The molecule has 0 atom stereocenters. The number of nitrogens with two attached hydrogens (primary N) is 1. The molecule has 104 valence electrons. The van der Waals surface area contributed by atoms with Gasteiger partial charge in [-0.3, -0.25) is 9.78 Å². The third kappa shape index (κ3) is 3.11. The molecule has 2 aromatic rings. The highest BCUT2D eigenvalue weighted by molar-refractivity contribution is 7.80. The number of amides is 1. The number of benzene rings is 1. The molecule has 5 heteroatoms. The fraction of sp³-hybridized carbons (Fsp3) is 0.267. The summed E-state index contributed by atoms with van der Waals surface area (Å²) in [6, 6.07) is 9.64. The van der Waals surface area contributed by atoms with Crippen molar-refractivity contribution in [3.8, 4) is 0 Å². The van der Waals surface area contributed by atoms with Gasteiger partial charge in [0.2, 0.25) is 0 Å². The zero-order valence-corrected chi connectivity index (χ0v) is 12.2. The van der Waals surface area contributed by atoms with Gasteiger partial charge in [-0.15, -0.1) is 0 Å². The highest BCUT2D eigenvalue weighted by Gasteiger charge is 2.17. The van der Waals surface area contributed by atoms with Gasteiger partial charge in [0, 0.05) is 31.1 Å².